The van der Waals surface area contributed by atoms with Crippen molar-refractivity contribution in [1.82, 2.24) is 0 Å². The number of ether oxygens (including phenoxy) is 1. The lowest BCUT2D eigenvalue weighted by Crippen LogP contribution is -2.01. The molecule has 1 aromatic carbocycles. The van der Waals surface area contributed by atoms with Crippen molar-refractivity contribution in [1.29, 1.82) is 10.5 Å². The van der Waals surface area contributed by atoms with Gasteiger partial charge in [0.2, 0.25) is 5.71 Å². The Kier molecular flexibility index (Phi) is 4.46. The molecule has 7 nitrogen and oxygen atoms in total. The summed E-state index contributed by atoms with van der Waals surface area (Å²) in [4.78, 5) is 0.0417. The molecule has 0 bridgehead atoms. The normalized spacial score (nSPS) is 9.89. The summed E-state index contributed by atoms with van der Waals surface area (Å²) < 4.78 is 27.9. The molecule has 19 heavy (non-hydrogen) atoms. The average molecular weight is 278 g/mol. The van der Waals surface area contributed by atoms with Crippen LogP contribution >= 0.6 is 0 Å². The molecule has 0 fully saturated rings. The van der Waals surface area contributed by atoms with Gasteiger partial charge in [-0.1, -0.05) is 0 Å². The van der Waals surface area contributed by atoms with E-state index in [0.29, 0.717) is 11.4 Å². The van der Waals surface area contributed by atoms with Gasteiger partial charge in [-0.25, -0.2) is 8.42 Å². The fourth-order valence-electron chi connectivity index (χ4n) is 1.16. The number of nitrogens with zero attached hydrogens (tertiary/aromatic N) is 3. The average Bonchev–Trinajstić information content (AvgIpc) is 2.38. The van der Waals surface area contributed by atoms with Gasteiger partial charge in [0, 0.05) is 12.3 Å². The zero-order valence-corrected chi connectivity index (χ0v) is 11.0. The fourth-order valence-corrected chi connectivity index (χ4v) is 1.83. The molecule has 0 aromatic heterocycles. The number of methoxy groups -OCH3 is 1. The molecule has 0 aliphatic heterocycles. The van der Waals surface area contributed by atoms with E-state index in [0.717, 1.165) is 6.26 Å². The van der Waals surface area contributed by atoms with Gasteiger partial charge in [-0.05, 0) is 12.1 Å². The van der Waals surface area contributed by atoms with Crippen molar-refractivity contribution in [3.05, 3.63) is 18.2 Å². The molecule has 98 valence electrons. The summed E-state index contributed by atoms with van der Waals surface area (Å²) in [5, 5.41) is 20.6. The van der Waals surface area contributed by atoms with Crippen LogP contribution in [0.3, 0.4) is 0 Å². The van der Waals surface area contributed by atoms with Crippen LogP contribution in [0.4, 0.5) is 5.69 Å². The Balaban J connectivity index is 3.20. The number of sulfone groups is 1. The van der Waals surface area contributed by atoms with Gasteiger partial charge >= 0.3 is 0 Å². The van der Waals surface area contributed by atoms with Crippen molar-refractivity contribution in [3.8, 4) is 17.9 Å². The summed E-state index contributed by atoms with van der Waals surface area (Å²) in [6.45, 7) is 0. The van der Waals surface area contributed by atoms with E-state index in [4.69, 9.17) is 15.3 Å². The Labute approximate surface area is 110 Å². The van der Waals surface area contributed by atoms with Crippen LogP contribution in [0.2, 0.25) is 0 Å². The molecule has 0 atom stereocenters. The summed E-state index contributed by atoms with van der Waals surface area (Å²) in [7, 11) is -2.01. The highest BCUT2D eigenvalue weighted by atomic mass is 32.2. The van der Waals surface area contributed by atoms with Gasteiger partial charge in [-0.3, -0.25) is 5.43 Å². The Morgan fingerprint density at radius 3 is 2.42 bits per heavy atom. The highest BCUT2D eigenvalue weighted by Gasteiger charge is 2.10. The van der Waals surface area contributed by atoms with Crippen LogP contribution in [0.25, 0.3) is 0 Å². The molecule has 0 aliphatic rings. The number of anilines is 1. The van der Waals surface area contributed by atoms with Gasteiger partial charge in [0.15, 0.2) is 9.84 Å². The molecular formula is C11H10N4O3S. The molecule has 0 aliphatic carbocycles. The lowest BCUT2D eigenvalue weighted by molar-refractivity contribution is 0.413. The van der Waals surface area contributed by atoms with Crippen LogP contribution in [-0.2, 0) is 9.84 Å². The predicted octanol–water partition coefficient (Wildman–Crippen LogP) is 0.914. The van der Waals surface area contributed by atoms with Crippen molar-refractivity contribution >= 4 is 21.2 Å². The summed E-state index contributed by atoms with van der Waals surface area (Å²) in [6, 6.07) is 7.32. The van der Waals surface area contributed by atoms with Crippen molar-refractivity contribution in [3.63, 3.8) is 0 Å². The molecule has 0 radical (unpaired) electrons. The smallest absolute Gasteiger partial charge is 0.237 e. The largest absolute Gasteiger partial charge is 0.497 e. The van der Waals surface area contributed by atoms with Crippen molar-refractivity contribution < 1.29 is 13.2 Å². The quantitative estimate of drug-likeness (QED) is 0.646. The van der Waals surface area contributed by atoms with E-state index >= 15 is 0 Å². The number of hydrogen-bond donors (Lipinski definition) is 1. The molecule has 1 rings (SSSR count). The number of hydrazone groups is 1. The van der Waals surface area contributed by atoms with E-state index in [9.17, 15) is 8.42 Å². The third kappa shape index (κ3) is 3.98. The van der Waals surface area contributed by atoms with Gasteiger partial charge in [-0.15, -0.1) is 0 Å². The zero-order chi connectivity index (χ0) is 14.5. The lowest BCUT2D eigenvalue weighted by Gasteiger charge is -2.07. The molecule has 0 amide bonds. The Morgan fingerprint density at radius 2 is 1.95 bits per heavy atom. The molecule has 0 spiro atoms. The zero-order valence-electron chi connectivity index (χ0n) is 10.2. The number of hydrogen-bond acceptors (Lipinski definition) is 7. The first-order chi connectivity index (χ1) is 8.90. The van der Waals surface area contributed by atoms with Crippen LogP contribution < -0.4 is 10.2 Å². The van der Waals surface area contributed by atoms with E-state index in [1.807, 2.05) is 0 Å². The standard InChI is InChI=1S/C11H10N4O3S/c1-18-10-3-8(14-15-9(6-12)7-13)4-11(5-10)19(2,16)17/h3-5,14H,1-2H3. The molecule has 1 N–H and O–H groups in total. The number of benzene rings is 1. The Morgan fingerprint density at radius 1 is 1.32 bits per heavy atom. The third-order valence-electron chi connectivity index (χ3n) is 2.05. The summed E-state index contributed by atoms with van der Waals surface area (Å²) >= 11 is 0. The van der Waals surface area contributed by atoms with Gasteiger partial charge in [-0.2, -0.15) is 15.6 Å². The maximum atomic E-state index is 11.5. The van der Waals surface area contributed by atoms with Crippen LogP contribution in [0, 0.1) is 22.7 Å². The number of rotatable bonds is 4. The van der Waals surface area contributed by atoms with E-state index in [1.54, 1.807) is 12.1 Å². The predicted molar refractivity (Wildman–Crippen MR) is 68.4 cm³/mol. The highest BCUT2D eigenvalue weighted by molar-refractivity contribution is 7.90. The first-order valence-corrected chi connectivity index (χ1v) is 6.83. The monoisotopic (exact) mass is 278 g/mol. The van der Waals surface area contributed by atoms with E-state index in [1.165, 1.54) is 25.3 Å². The van der Waals surface area contributed by atoms with Crippen molar-refractivity contribution in [2.45, 2.75) is 4.90 Å². The molecule has 0 saturated heterocycles. The molecule has 0 unspecified atom stereocenters. The van der Waals surface area contributed by atoms with E-state index < -0.39 is 9.84 Å². The topological polar surface area (TPSA) is 115 Å². The summed E-state index contributed by atoms with van der Waals surface area (Å²) in [6.07, 6.45) is 1.06. The molecule has 8 heteroatoms. The lowest BCUT2D eigenvalue weighted by atomic mass is 10.3. The molecule has 0 heterocycles. The van der Waals surface area contributed by atoms with Crippen molar-refractivity contribution in [2.24, 2.45) is 5.10 Å². The van der Waals surface area contributed by atoms with Gasteiger partial charge < -0.3 is 4.74 Å². The van der Waals surface area contributed by atoms with E-state index in [2.05, 4.69) is 10.5 Å². The van der Waals surface area contributed by atoms with Crippen molar-refractivity contribution in [2.75, 3.05) is 18.8 Å². The second kappa shape index (κ2) is 5.85. The first-order valence-electron chi connectivity index (χ1n) is 4.93. The van der Waals surface area contributed by atoms with Crippen LogP contribution in [0.1, 0.15) is 0 Å². The maximum absolute atomic E-state index is 11.5. The molecule has 0 saturated carbocycles. The molecule has 1 aromatic rings. The number of nitriles is 2. The minimum Gasteiger partial charge on any atom is -0.497 e. The summed E-state index contributed by atoms with van der Waals surface area (Å²) in [5.41, 5.74) is 2.36. The Bertz CT molecular complexity index is 680. The first kappa shape index (κ1) is 14.5. The summed E-state index contributed by atoms with van der Waals surface area (Å²) in [5.74, 6) is 0.316. The van der Waals surface area contributed by atoms with Crippen LogP contribution in [0.15, 0.2) is 28.2 Å². The van der Waals surface area contributed by atoms with Crippen LogP contribution in [-0.4, -0.2) is 27.5 Å². The van der Waals surface area contributed by atoms with Gasteiger partial charge in [0.1, 0.15) is 17.9 Å². The van der Waals surface area contributed by atoms with Gasteiger partial charge in [0.05, 0.1) is 17.7 Å². The molecular weight excluding hydrogens is 268 g/mol. The van der Waals surface area contributed by atoms with Crippen LogP contribution in [0.5, 0.6) is 5.75 Å². The maximum Gasteiger partial charge on any atom is 0.237 e. The minimum absolute atomic E-state index is 0.0417. The second-order valence-corrected chi connectivity index (χ2v) is 5.48. The third-order valence-corrected chi connectivity index (χ3v) is 3.14. The van der Waals surface area contributed by atoms with E-state index in [-0.39, 0.29) is 10.6 Å². The number of nitrogens with one attached hydrogen (secondary N) is 1. The highest BCUT2D eigenvalue weighted by Crippen LogP contribution is 2.23. The van der Waals surface area contributed by atoms with Gasteiger partial charge in [0.25, 0.3) is 0 Å². The fraction of sp³-hybridized carbons (Fsp3) is 0.182. The second-order valence-electron chi connectivity index (χ2n) is 3.47. The SMILES string of the molecule is COc1cc(NN=C(C#N)C#N)cc(S(C)(=O)=O)c1. The minimum atomic E-state index is -3.41. The Hall–Kier alpha value is -2.58.